The van der Waals surface area contributed by atoms with Gasteiger partial charge >= 0.3 is 0 Å². The molecule has 0 saturated carbocycles. The van der Waals surface area contributed by atoms with E-state index in [1.54, 1.807) is 36.0 Å². The lowest BCUT2D eigenvalue weighted by molar-refractivity contribution is 0.133. The number of hydrogen-bond donors (Lipinski definition) is 2. The summed E-state index contributed by atoms with van der Waals surface area (Å²) in [5.41, 5.74) is 6.79. The van der Waals surface area contributed by atoms with Crippen LogP contribution in [0.15, 0.2) is 29.3 Å². The Bertz CT molecular complexity index is 423. The Labute approximate surface area is 114 Å². The van der Waals surface area contributed by atoms with Crippen LogP contribution in [0.25, 0.3) is 0 Å². The highest BCUT2D eigenvalue weighted by molar-refractivity contribution is 8.14. The van der Waals surface area contributed by atoms with Crippen molar-refractivity contribution in [2.24, 2.45) is 4.99 Å². The third kappa shape index (κ3) is 4.27. The SMILES string of the molecule is FCC(CF)Oc1ccc(NNC2=NCCS2)cc1. The number of halogens is 2. The van der Waals surface area contributed by atoms with Crippen LogP contribution in [0.2, 0.25) is 0 Å². The van der Waals surface area contributed by atoms with Crippen LogP contribution in [-0.4, -0.2) is 36.9 Å². The summed E-state index contributed by atoms with van der Waals surface area (Å²) in [7, 11) is 0. The Morgan fingerprint density at radius 1 is 1.21 bits per heavy atom. The summed E-state index contributed by atoms with van der Waals surface area (Å²) in [6.07, 6.45) is -1.03. The van der Waals surface area contributed by atoms with E-state index in [4.69, 9.17) is 4.74 Å². The standard InChI is InChI=1S/C12H15F2N3OS/c13-7-11(8-14)18-10-3-1-9(2-4-10)16-17-12-15-5-6-19-12/h1-4,11,16H,5-8H2,(H,15,17). The van der Waals surface area contributed by atoms with Crippen molar-refractivity contribution < 1.29 is 13.5 Å². The maximum atomic E-state index is 12.3. The van der Waals surface area contributed by atoms with Crippen LogP contribution in [0, 0.1) is 0 Å². The number of hydrogen-bond acceptors (Lipinski definition) is 5. The van der Waals surface area contributed by atoms with Crippen LogP contribution in [0.5, 0.6) is 5.75 Å². The summed E-state index contributed by atoms with van der Waals surface area (Å²) in [5, 5.41) is 0.857. The maximum Gasteiger partial charge on any atom is 0.175 e. The molecule has 0 bridgehead atoms. The summed E-state index contributed by atoms with van der Waals surface area (Å²) in [6.45, 7) is -0.848. The van der Waals surface area contributed by atoms with Crippen molar-refractivity contribution in [1.82, 2.24) is 5.43 Å². The van der Waals surface area contributed by atoms with E-state index >= 15 is 0 Å². The van der Waals surface area contributed by atoms with Gasteiger partial charge < -0.3 is 4.74 Å². The van der Waals surface area contributed by atoms with Crippen LogP contribution in [-0.2, 0) is 0 Å². The van der Waals surface area contributed by atoms with Crippen molar-refractivity contribution in [3.8, 4) is 5.75 Å². The first-order valence-electron chi connectivity index (χ1n) is 5.89. The third-order valence-electron chi connectivity index (χ3n) is 2.40. The van der Waals surface area contributed by atoms with Gasteiger partial charge in [0.1, 0.15) is 19.1 Å². The molecule has 1 aliphatic heterocycles. The van der Waals surface area contributed by atoms with Crippen LogP contribution in [0.1, 0.15) is 0 Å². The molecule has 0 radical (unpaired) electrons. The second kappa shape index (κ2) is 7.18. The first kappa shape index (κ1) is 13.9. The van der Waals surface area contributed by atoms with Gasteiger partial charge in [0, 0.05) is 5.75 Å². The minimum Gasteiger partial charge on any atom is -0.485 e. The lowest BCUT2D eigenvalue weighted by atomic mass is 10.3. The van der Waals surface area contributed by atoms with Crippen molar-refractivity contribution in [3.05, 3.63) is 24.3 Å². The molecule has 19 heavy (non-hydrogen) atoms. The maximum absolute atomic E-state index is 12.3. The zero-order chi connectivity index (χ0) is 13.5. The zero-order valence-electron chi connectivity index (χ0n) is 10.2. The molecule has 0 unspecified atom stereocenters. The zero-order valence-corrected chi connectivity index (χ0v) is 11.1. The van der Waals surface area contributed by atoms with E-state index in [1.165, 1.54) is 0 Å². The van der Waals surface area contributed by atoms with Gasteiger partial charge in [-0.3, -0.25) is 15.8 Å². The number of thioether (sulfide) groups is 1. The van der Waals surface area contributed by atoms with E-state index in [2.05, 4.69) is 15.8 Å². The molecule has 2 rings (SSSR count). The molecule has 1 aromatic carbocycles. The van der Waals surface area contributed by atoms with Crippen LogP contribution in [0.3, 0.4) is 0 Å². The molecule has 0 amide bonds. The summed E-state index contributed by atoms with van der Waals surface area (Å²) < 4.78 is 29.7. The second-order valence-electron chi connectivity index (χ2n) is 3.86. The number of benzene rings is 1. The molecular formula is C12H15F2N3OS. The molecule has 0 atom stereocenters. The van der Waals surface area contributed by atoms with Gasteiger partial charge in [-0.15, -0.1) is 0 Å². The number of aliphatic imine (C=N–C) groups is 1. The highest BCUT2D eigenvalue weighted by Gasteiger charge is 2.09. The molecule has 0 aliphatic carbocycles. The molecule has 2 N–H and O–H groups in total. The minimum atomic E-state index is -1.03. The predicted octanol–water partition coefficient (Wildman–Crippen LogP) is 2.39. The minimum absolute atomic E-state index is 0.443. The van der Waals surface area contributed by atoms with E-state index in [0.29, 0.717) is 5.75 Å². The van der Waals surface area contributed by atoms with Crippen LogP contribution >= 0.6 is 11.8 Å². The largest absolute Gasteiger partial charge is 0.485 e. The number of nitrogens with zero attached hydrogens (tertiary/aromatic N) is 1. The summed E-state index contributed by atoms with van der Waals surface area (Å²) >= 11 is 1.65. The number of hydrazine groups is 1. The van der Waals surface area contributed by atoms with Gasteiger partial charge in [-0.2, -0.15) is 0 Å². The average molecular weight is 287 g/mol. The predicted molar refractivity (Wildman–Crippen MR) is 74.3 cm³/mol. The number of alkyl halides is 2. The van der Waals surface area contributed by atoms with Gasteiger partial charge in [0.05, 0.1) is 12.2 Å². The van der Waals surface area contributed by atoms with E-state index in [0.717, 1.165) is 23.2 Å². The van der Waals surface area contributed by atoms with Crippen molar-refractivity contribution in [2.45, 2.75) is 6.10 Å². The number of nitrogens with one attached hydrogen (secondary N) is 2. The fraction of sp³-hybridized carbons (Fsp3) is 0.417. The highest BCUT2D eigenvalue weighted by Crippen LogP contribution is 2.17. The van der Waals surface area contributed by atoms with E-state index in [9.17, 15) is 8.78 Å². The third-order valence-corrected chi connectivity index (χ3v) is 3.29. The van der Waals surface area contributed by atoms with Crippen LogP contribution < -0.4 is 15.6 Å². The van der Waals surface area contributed by atoms with E-state index in [1.807, 2.05) is 0 Å². The average Bonchev–Trinajstić information content (AvgIpc) is 2.97. The molecule has 7 heteroatoms. The van der Waals surface area contributed by atoms with Gasteiger partial charge in [0.25, 0.3) is 0 Å². The van der Waals surface area contributed by atoms with Crippen molar-refractivity contribution in [1.29, 1.82) is 0 Å². The molecule has 1 heterocycles. The number of ether oxygens (including phenoxy) is 1. The molecule has 104 valence electrons. The van der Waals surface area contributed by atoms with Gasteiger partial charge in [-0.05, 0) is 24.3 Å². The van der Waals surface area contributed by atoms with Gasteiger partial charge in [-0.1, -0.05) is 11.8 Å². The Morgan fingerprint density at radius 3 is 2.53 bits per heavy atom. The smallest absolute Gasteiger partial charge is 0.175 e. The topological polar surface area (TPSA) is 45.6 Å². The Morgan fingerprint density at radius 2 is 1.95 bits per heavy atom. The molecule has 1 aliphatic rings. The van der Waals surface area contributed by atoms with E-state index < -0.39 is 19.5 Å². The van der Waals surface area contributed by atoms with Crippen molar-refractivity contribution >= 4 is 22.6 Å². The first-order chi connectivity index (χ1) is 9.31. The monoisotopic (exact) mass is 287 g/mol. The Kier molecular flexibility index (Phi) is 5.26. The normalized spacial score (nSPS) is 14.4. The molecule has 0 aromatic heterocycles. The highest BCUT2D eigenvalue weighted by atomic mass is 32.2. The Hall–Kier alpha value is -1.50. The number of anilines is 1. The van der Waals surface area contributed by atoms with Crippen LogP contribution in [0.4, 0.5) is 14.5 Å². The lowest BCUT2D eigenvalue weighted by Crippen LogP contribution is -2.25. The molecule has 0 fully saturated rings. The Balaban J connectivity index is 1.83. The molecule has 4 nitrogen and oxygen atoms in total. The van der Waals surface area contributed by atoms with Gasteiger partial charge in [-0.25, -0.2) is 8.78 Å². The fourth-order valence-electron chi connectivity index (χ4n) is 1.45. The van der Waals surface area contributed by atoms with Gasteiger partial charge in [0.15, 0.2) is 11.3 Å². The quantitative estimate of drug-likeness (QED) is 0.789. The second-order valence-corrected chi connectivity index (χ2v) is 4.94. The summed E-state index contributed by atoms with van der Waals surface area (Å²) in [5.74, 6) is 1.43. The fourth-order valence-corrected chi connectivity index (χ4v) is 2.13. The van der Waals surface area contributed by atoms with E-state index in [-0.39, 0.29) is 0 Å². The molecule has 0 spiro atoms. The molecular weight excluding hydrogens is 272 g/mol. The molecule has 0 saturated heterocycles. The summed E-state index contributed by atoms with van der Waals surface area (Å²) in [6, 6.07) is 6.84. The van der Waals surface area contributed by atoms with Gasteiger partial charge in [0.2, 0.25) is 0 Å². The van der Waals surface area contributed by atoms with Crippen molar-refractivity contribution in [3.63, 3.8) is 0 Å². The van der Waals surface area contributed by atoms with Crippen molar-refractivity contribution in [2.75, 3.05) is 31.1 Å². The lowest BCUT2D eigenvalue weighted by Gasteiger charge is -2.13. The molecule has 1 aromatic rings. The number of amidine groups is 1. The first-order valence-corrected chi connectivity index (χ1v) is 6.88. The summed E-state index contributed by atoms with van der Waals surface area (Å²) in [4.78, 5) is 4.23. The number of rotatable bonds is 6.